The molecule has 0 aliphatic rings. The molecule has 0 spiro atoms. The van der Waals surface area contributed by atoms with Crippen LogP contribution in [0.2, 0.25) is 0 Å². The number of carbonyl (C=O) groups is 1. The second-order valence-electron chi connectivity index (χ2n) is 2.43. The van der Waals surface area contributed by atoms with Crippen molar-refractivity contribution in [3.63, 3.8) is 0 Å². The molecular formula is C9H8FIO3. The van der Waals surface area contributed by atoms with Crippen LogP contribution in [-0.2, 0) is 4.74 Å². The average molecular weight is 310 g/mol. The van der Waals surface area contributed by atoms with E-state index in [9.17, 15) is 9.18 Å². The van der Waals surface area contributed by atoms with Gasteiger partial charge in [0.25, 0.3) is 0 Å². The van der Waals surface area contributed by atoms with Crippen molar-refractivity contribution in [2.24, 2.45) is 0 Å². The summed E-state index contributed by atoms with van der Waals surface area (Å²) in [6, 6.07) is 2.73. The first kappa shape index (κ1) is 11.2. The number of ether oxygens (including phenoxy) is 2. The van der Waals surface area contributed by atoms with Crippen molar-refractivity contribution in [1.82, 2.24) is 0 Å². The van der Waals surface area contributed by atoms with Gasteiger partial charge in [-0.05, 0) is 34.7 Å². The number of esters is 1. The minimum atomic E-state index is -0.738. The normalized spacial score (nSPS) is 9.71. The van der Waals surface area contributed by atoms with Gasteiger partial charge in [-0.1, -0.05) is 0 Å². The minimum Gasteiger partial charge on any atom is -0.495 e. The molecule has 0 saturated heterocycles. The van der Waals surface area contributed by atoms with E-state index in [1.807, 2.05) is 22.6 Å². The summed E-state index contributed by atoms with van der Waals surface area (Å²) < 4.78 is 23.3. The third-order valence-electron chi connectivity index (χ3n) is 1.65. The van der Waals surface area contributed by atoms with Crippen LogP contribution in [-0.4, -0.2) is 20.2 Å². The van der Waals surface area contributed by atoms with Crippen LogP contribution in [0.3, 0.4) is 0 Å². The largest absolute Gasteiger partial charge is 0.495 e. The Hall–Kier alpha value is -0.850. The van der Waals surface area contributed by atoms with E-state index < -0.39 is 11.8 Å². The predicted octanol–water partition coefficient (Wildman–Crippen LogP) is 2.23. The number of hydrogen-bond acceptors (Lipinski definition) is 3. The molecule has 0 aliphatic heterocycles. The number of methoxy groups -OCH3 is 2. The van der Waals surface area contributed by atoms with E-state index in [1.165, 1.54) is 26.4 Å². The van der Waals surface area contributed by atoms with Gasteiger partial charge in [-0.15, -0.1) is 0 Å². The molecule has 0 atom stereocenters. The van der Waals surface area contributed by atoms with Gasteiger partial charge in [-0.25, -0.2) is 9.18 Å². The summed E-state index contributed by atoms with van der Waals surface area (Å²) in [5.74, 6) is -1.18. The molecule has 0 amide bonds. The molecule has 0 radical (unpaired) electrons. The third kappa shape index (κ3) is 1.97. The first-order valence-electron chi connectivity index (χ1n) is 3.72. The lowest BCUT2D eigenvalue weighted by Crippen LogP contribution is -2.08. The Kier molecular flexibility index (Phi) is 3.68. The molecule has 0 aliphatic carbocycles. The fourth-order valence-electron chi connectivity index (χ4n) is 1.03. The summed E-state index contributed by atoms with van der Waals surface area (Å²) in [7, 11) is 2.57. The fraction of sp³-hybridized carbons (Fsp3) is 0.222. The summed E-state index contributed by atoms with van der Waals surface area (Å²) in [4.78, 5) is 11.2. The van der Waals surface area contributed by atoms with E-state index in [0.717, 1.165) is 0 Å². The quantitative estimate of drug-likeness (QED) is 0.621. The Morgan fingerprint density at radius 2 is 2.07 bits per heavy atom. The van der Waals surface area contributed by atoms with Crippen molar-refractivity contribution in [3.8, 4) is 5.75 Å². The molecule has 0 saturated carbocycles. The summed E-state index contributed by atoms with van der Waals surface area (Å²) in [6.45, 7) is 0. The Morgan fingerprint density at radius 1 is 1.43 bits per heavy atom. The van der Waals surface area contributed by atoms with E-state index in [4.69, 9.17) is 4.74 Å². The molecule has 0 aromatic heterocycles. The summed E-state index contributed by atoms with van der Waals surface area (Å²) in [5.41, 5.74) is -0.165. The maximum atomic E-state index is 13.3. The zero-order valence-corrected chi connectivity index (χ0v) is 9.79. The highest BCUT2D eigenvalue weighted by atomic mass is 127. The summed E-state index contributed by atoms with van der Waals surface area (Å²) in [5, 5.41) is 0. The maximum absolute atomic E-state index is 13.3. The topological polar surface area (TPSA) is 35.5 Å². The van der Waals surface area contributed by atoms with Crippen molar-refractivity contribution in [3.05, 3.63) is 27.1 Å². The van der Waals surface area contributed by atoms with Crippen LogP contribution in [0.4, 0.5) is 4.39 Å². The first-order chi connectivity index (χ1) is 6.61. The van der Waals surface area contributed by atoms with E-state index >= 15 is 0 Å². The number of benzene rings is 1. The molecule has 1 aromatic rings. The molecule has 76 valence electrons. The summed E-state index contributed by atoms with van der Waals surface area (Å²) in [6.07, 6.45) is 0. The molecule has 0 N–H and O–H groups in total. The van der Waals surface area contributed by atoms with Crippen molar-refractivity contribution in [1.29, 1.82) is 0 Å². The Balaban J connectivity index is 3.37. The lowest BCUT2D eigenvalue weighted by molar-refractivity contribution is 0.0591. The fourth-order valence-corrected chi connectivity index (χ4v) is 1.69. The van der Waals surface area contributed by atoms with Gasteiger partial charge in [-0.2, -0.15) is 0 Å². The predicted molar refractivity (Wildman–Crippen MR) is 57.0 cm³/mol. The smallest absolute Gasteiger partial charge is 0.344 e. The van der Waals surface area contributed by atoms with Crippen LogP contribution in [0.15, 0.2) is 12.1 Å². The monoisotopic (exact) mass is 310 g/mol. The van der Waals surface area contributed by atoms with Gasteiger partial charge in [0.15, 0.2) is 0 Å². The lowest BCUT2D eigenvalue weighted by Gasteiger charge is -2.09. The zero-order chi connectivity index (χ0) is 10.7. The second kappa shape index (κ2) is 4.59. The summed E-state index contributed by atoms with van der Waals surface area (Å²) >= 11 is 1.95. The average Bonchev–Trinajstić information content (AvgIpc) is 2.19. The van der Waals surface area contributed by atoms with Gasteiger partial charge in [0, 0.05) is 0 Å². The molecule has 0 bridgehead atoms. The molecule has 0 fully saturated rings. The van der Waals surface area contributed by atoms with Crippen LogP contribution in [0.25, 0.3) is 0 Å². The molecule has 0 unspecified atom stereocenters. The van der Waals surface area contributed by atoms with Crippen LogP contribution in [0.1, 0.15) is 10.4 Å². The first-order valence-corrected chi connectivity index (χ1v) is 4.80. The van der Waals surface area contributed by atoms with Gasteiger partial charge in [-0.3, -0.25) is 0 Å². The highest BCUT2D eigenvalue weighted by molar-refractivity contribution is 14.1. The Bertz CT molecular complexity index is 365. The molecule has 1 aromatic carbocycles. The van der Waals surface area contributed by atoms with Gasteiger partial charge >= 0.3 is 5.97 Å². The number of halogens is 2. The van der Waals surface area contributed by atoms with Crippen LogP contribution in [0, 0.1) is 9.39 Å². The van der Waals surface area contributed by atoms with Crippen LogP contribution < -0.4 is 4.74 Å². The zero-order valence-electron chi connectivity index (χ0n) is 7.64. The van der Waals surface area contributed by atoms with E-state index in [2.05, 4.69) is 4.74 Å². The highest BCUT2D eigenvalue weighted by Gasteiger charge is 2.20. The van der Waals surface area contributed by atoms with E-state index in [-0.39, 0.29) is 11.3 Å². The standard InChI is InChI=1S/C9H8FIO3/c1-13-8-6(11)4-3-5(10)7(8)9(12)14-2/h3-4H,1-2H3. The molecule has 0 heterocycles. The third-order valence-corrected chi connectivity index (χ3v) is 2.50. The molecular weight excluding hydrogens is 302 g/mol. The maximum Gasteiger partial charge on any atom is 0.344 e. The molecule has 14 heavy (non-hydrogen) atoms. The Labute approximate surface area is 94.3 Å². The molecule has 1 rings (SSSR count). The number of hydrogen-bond donors (Lipinski definition) is 0. The molecule has 3 nitrogen and oxygen atoms in total. The second-order valence-corrected chi connectivity index (χ2v) is 3.59. The SMILES string of the molecule is COC(=O)c1c(F)ccc(I)c1OC. The van der Waals surface area contributed by atoms with Crippen molar-refractivity contribution in [2.45, 2.75) is 0 Å². The van der Waals surface area contributed by atoms with Crippen molar-refractivity contribution < 1.29 is 18.7 Å². The highest BCUT2D eigenvalue weighted by Crippen LogP contribution is 2.28. The van der Waals surface area contributed by atoms with Gasteiger partial charge in [0.1, 0.15) is 17.1 Å². The van der Waals surface area contributed by atoms with Gasteiger partial charge in [0.2, 0.25) is 0 Å². The van der Waals surface area contributed by atoms with Crippen molar-refractivity contribution >= 4 is 28.6 Å². The van der Waals surface area contributed by atoms with Crippen molar-refractivity contribution in [2.75, 3.05) is 14.2 Å². The van der Waals surface area contributed by atoms with E-state index in [0.29, 0.717) is 3.57 Å². The Morgan fingerprint density at radius 3 is 2.57 bits per heavy atom. The number of rotatable bonds is 2. The number of carbonyl (C=O) groups excluding carboxylic acids is 1. The van der Waals surface area contributed by atoms with Crippen LogP contribution in [0.5, 0.6) is 5.75 Å². The molecule has 5 heteroatoms. The van der Waals surface area contributed by atoms with Crippen LogP contribution >= 0.6 is 22.6 Å². The minimum absolute atomic E-state index is 0.165. The lowest BCUT2D eigenvalue weighted by atomic mass is 10.2. The van der Waals surface area contributed by atoms with E-state index in [1.54, 1.807) is 0 Å². The van der Waals surface area contributed by atoms with Gasteiger partial charge in [0.05, 0.1) is 17.8 Å². The van der Waals surface area contributed by atoms with Gasteiger partial charge < -0.3 is 9.47 Å².